The lowest BCUT2D eigenvalue weighted by Crippen LogP contribution is -2.31. The maximum Gasteiger partial charge on any atom is 0.418 e. The second kappa shape index (κ2) is 8.19. The van der Waals surface area contributed by atoms with Gasteiger partial charge in [-0.2, -0.15) is 18.1 Å². The van der Waals surface area contributed by atoms with Gasteiger partial charge in [0.2, 0.25) is 11.5 Å². The van der Waals surface area contributed by atoms with Crippen LogP contribution in [0.15, 0.2) is 16.9 Å². The number of fused-ring (bicyclic) bond motifs is 3. The highest BCUT2D eigenvalue weighted by Gasteiger charge is 2.36. The zero-order valence-electron chi connectivity index (χ0n) is 16.4. The molecule has 1 aliphatic heterocycles. The summed E-state index contributed by atoms with van der Waals surface area (Å²) in [6.45, 7) is 2.57. The first-order valence-corrected chi connectivity index (χ1v) is 10.9. The average molecular weight is 457 g/mol. The third-order valence-corrected chi connectivity index (χ3v) is 5.79. The van der Waals surface area contributed by atoms with Crippen LogP contribution in [0.25, 0.3) is 16.7 Å². The first kappa shape index (κ1) is 21.7. The number of rotatable bonds is 4. The lowest BCUT2D eigenvalue weighted by atomic mass is 10.1. The van der Waals surface area contributed by atoms with Crippen LogP contribution in [0, 0.1) is 0 Å². The van der Waals surface area contributed by atoms with E-state index >= 15 is 0 Å². The largest absolute Gasteiger partial charge is 0.601 e. The maximum absolute atomic E-state index is 13.9. The van der Waals surface area contributed by atoms with Crippen LogP contribution in [0.3, 0.4) is 0 Å². The van der Waals surface area contributed by atoms with Crippen LogP contribution < -0.4 is 15.4 Å². The normalized spacial score (nSPS) is 16.3. The molecule has 3 heterocycles. The van der Waals surface area contributed by atoms with Crippen LogP contribution in [0.4, 0.5) is 18.9 Å². The minimum Gasteiger partial charge on any atom is -0.601 e. The van der Waals surface area contributed by atoms with Gasteiger partial charge in [0.05, 0.1) is 28.9 Å². The lowest BCUT2D eigenvalue weighted by Gasteiger charge is -2.31. The second-order valence-corrected chi connectivity index (χ2v) is 8.03. The monoisotopic (exact) mass is 457 g/mol. The minimum absolute atomic E-state index is 0.0287. The number of aromatic amines is 1. The molecule has 1 saturated heterocycles. The number of aromatic nitrogens is 4. The second-order valence-electron chi connectivity index (χ2n) is 7.08. The molecule has 0 saturated carbocycles. The molecule has 0 aliphatic carbocycles. The minimum atomic E-state index is -4.64. The molecule has 31 heavy (non-hydrogen) atoms. The van der Waals surface area contributed by atoms with Crippen molar-refractivity contribution in [3.05, 3.63) is 33.9 Å². The van der Waals surface area contributed by atoms with Gasteiger partial charge in [0.1, 0.15) is 0 Å². The quantitative estimate of drug-likeness (QED) is 0.573. The van der Waals surface area contributed by atoms with Crippen molar-refractivity contribution >= 4 is 35.8 Å². The fourth-order valence-corrected chi connectivity index (χ4v) is 4.36. The van der Waals surface area contributed by atoms with Gasteiger partial charge in [-0.1, -0.05) is 0 Å². The summed E-state index contributed by atoms with van der Waals surface area (Å²) >= 11 is 0. The summed E-state index contributed by atoms with van der Waals surface area (Å²) < 4.78 is 47.9. The van der Waals surface area contributed by atoms with Crippen molar-refractivity contribution in [2.75, 3.05) is 24.6 Å². The number of nitrogens with one attached hydrogen (secondary N) is 1. The van der Waals surface area contributed by atoms with Crippen molar-refractivity contribution in [1.82, 2.24) is 19.6 Å². The molecular formula is C18H19F3N5O4P. The van der Waals surface area contributed by atoms with E-state index in [0.29, 0.717) is 13.1 Å². The van der Waals surface area contributed by atoms with Crippen LogP contribution in [0.5, 0.6) is 0 Å². The molecule has 1 atom stereocenters. The Kier molecular flexibility index (Phi) is 5.73. The van der Waals surface area contributed by atoms with Gasteiger partial charge in [-0.25, -0.2) is 0 Å². The molecule has 0 radical (unpaired) electrons. The number of H-pyrrole nitrogens is 1. The Balaban J connectivity index is 2.08. The number of hydrogen-bond acceptors (Lipinski definition) is 7. The molecule has 1 fully saturated rings. The summed E-state index contributed by atoms with van der Waals surface area (Å²) in [6.07, 6.45) is -2.17. The van der Waals surface area contributed by atoms with E-state index in [1.807, 2.05) is 0 Å². The van der Waals surface area contributed by atoms with Gasteiger partial charge in [-0.3, -0.25) is 9.20 Å². The SMILES string of the molecule is CCO/C(c1nnc2c(=O)[nH]c3cc(C(F)(F)F)c(N4CCCCC4)cc3n12)=[P+](/[O-])O. The van der Waals surface area contributed by atoms with Gasteiger partial charge < -0.3 is 19.5 Å². The van der Waals surface area contributed by atoms with E-state index in [1.54, 1.807) is 11.8 Å². The molecule has 2 N–H and O–H groups in total. The molecule has 1 aliphatic rings. The molecule has 1 unspecified atom stereocenters. The first-order valence-electron chi connectivity index (χ1n) is 9.66. The molecular weight excluding hydrogens is 438 g/mol. The molecule has 13 heteroatoms. The molecule has 9 nitrogen and oxygen atoms in total. The van der Waals surface area contributed by atoms with Crippen LogP contribution >= 0.6 is 8.00 Å². The van der Waals surface area contributed by atoms with Crippen LogP contribution in [-0.2, 0) is 10.9 Å². The number of ether oxygens (including phenoxy) is 1. The molecule has 0 bridgehead atoms. The van der Waals surface area contributed by atoms with E-state index in [1.165, 1.54) is 6.07 Å². The van der Waals surface area contributed by atoms with Crippen molar-refractivity contribution in [1.29, 1.82) is 0 Å². The Morgan fingerprint density at radius 1 is 1.29 bits per heavy atom. The van der Waals surface area contributed by atoms with Crippen molar-refractivity contribution in [3.8, 4) is 0 Å². The number of halogens is 3. The molecule has 2 aromatic heterocycles. The van der Waals surface area contributed by atoms with E-state index in [-0.39, 0.29) is 34.8 Å². The number of piperidine rings is 1. The van der Waals surface area contributed by atoms with E-state index in [4.69, 9.17) is 4.74 Å². The number of hydrogen-bond donors (Lipinski definition) is 2. The van der Waals surface area contributed by atoms with Gasteiger partial charge in [0.15, 0.2) is 0 Å². The van der Waals surface area contributed by atoms with Crippen molar-refractivity contribution in [2.24, 2.45) is 0 Å². The van der Waals surface area contributed by atoms with Crippen LogP contribution in [0.2, 0.25) is 0 Å². The summed E-state index contributed by atoms with van der Waals surface area (Å²) in [7, 11) is -2.98. The van der Waals surface area contributed by atoms with Gasteiger partial charge >= 0.3 is 11.7 Å². The number of alkyl halides is 3. The van der Waals surface area contributed by atoms with E-state index in [0.717, 1.165) is 29.7 Å². The fourth-order valence-electron chi connectivity index (χ4n) is 3.80. The number of anilines is 1. The molecule has 3 aromatic rings. The van der Waals surface area contributed by atoms with Crippen molar-refractivity contribution in [2.45, 2.75) is 32.4 Å². The fraction of sp³-hybridized carbons (Fsp3) is 0.444. The van der Waals surface area contributed by atoms with Crippen LogP contribution in [-0.4, -0.2) is 49.7 Å². The maximum atomic E-state index is 13.9. The Bertz CT molecular complexity index is 1230. The summed E-state index contributed by atoms with van der Waals surface area (Å²) in [5.74, 6) is -0.207. The molecule has 0 spiro atoms. The highest BCUT2D eigenvalue weighted by Crippen LogP contribution is 2.39. The zero-order chi connectivity index (χ0) is 22.3. The predicted octanol–water partition coefficient (Wildman–Crippen LogP) is 1.76. The highest BCUT2D eigenvalue weighted by molar-refractivity contribution is 7.45. The topological polar surface area (TPSA) is 119 Å². The average Bonchev–Trinajstić information content (AvgIpc) is 3.16. The Morgan fingerprint density at radius 2 is 2.00 bits per heavy atom. The van der Waals surface area contributed by atoms with Crippen molar-refractivity contribution < 1.29 is 27.7 Å². The first-order chi connectivity index (χ1) is 14.7. The molecule has 0 amide bonds. The standard InChI is InChI=1S/C18H19F3N5O4P/c1-2-30-17(31(28)29)15-24-23-14-16(27)22-11-8-10(18(19,20)21)12(9-13(11)26(14)15)25-6-4-3-5-7-25/h8-9H,2-7H2,1H3,(H,22,27)(H,28,29). The van der Waals surface area contributed by atoms with Gasteiger partial charge in [-0.15, -0.1) is 10.2 Å². The number of nitrogens with zero attached hydrogens (tertiary/aromatic N) is 4. The Hall–Kier alpha value is -2.53. The van der Waals surface area contributed by atoms with Gasteiger partial charge in [0.25, 0.3) is 13.6 Å². The van der Waals surface area contributed by atoms with Crippen molar-refractivity contribution in [3.63, 3.8) is 0 Å². The third-order valence-electron chi connectivity index (χ3n) is 5.12. The smallest absolute Gasteiger partial charge is 0.418 e. The Labute approximate surface area is 174 Å². The van der Waals surface area contributed by atoms with E-state index in [9.17, 15) is 27.8 Å². The summed E-state index contributed by atoms with van der Waals surface area (Å²) in [6, 6.07) is 2.19. The lowest BCUT2D eigenvalue weighted by molar-refractivity contribution is -0.168. The Morgan fingerprint density at radius 3 is 2.61 bits per heavy atom. The summed E-state index contributed by atoms with van der Waals surface area (Å²) in [5.41, 5.74) is -2.24. The molecule has 166 valence electrons. The van der Waals surface area contributed by atoms with E-state index < -0.39 is 30.8 Å². The molecule has 1 aromatic carbocycles. The third kappa shape index (κ3) is 3.91. The highest BCUT2D eigenvalue weighted by atomic mass is 31.1. The number of benzene rings is 1. The summed E-state index contributed by atoms with van der Waals surface area (Å²) in [5, 5.41) is 7.57. The molecule has 4 rings (SSSR count). The summed E-state index contributed by atoms with van der Waals surface area (Å²) in [4.78, 5) is 38.0. The van der Waals surface area contributed by atoms with Gasteiger partial charge in [-0.05, 0) is 38.3 Å². The zero-order valence-corrected chi connectivity index (χ0v) is 17.3. The van der Waals surface area contributed by atoms with E-state index in [2.05, 4.69) is 15.2 Å². The van der Waals surface area contributed by atoms with Crippen LogP contribution in [0.1, 0.15) is 37.6 Å². The van der Waals surface area contributed by atoms with Gasteiger partial charge in [0, 0.05) is 13.1 Å². The predicted molar refractivity (Wildman–Crippen MR) is 107 cm³/mol.